The standard InChI is InChI=1S/C19H23N3O2.ClH/c1-3-13(2)18(23)22-17-6-4-5-14(11-17)12-21-19(24)15-7-9-16(20)10-8-15;/h4-11,13H,3,12,20H2,1-2H3,(H,21,24)(H,22,23);1H. The summed E-state index contributed by atoms with van der Waals surface area (Å²) in [5.74, 6) is -0.191. The number of carbonyl (C=O) groups is 2. The number of nitrogens with two attached hydrogens (primary N) is 1. The molecule has 2 amide bonds. The predicted molar refractivity (Wildman–Crippen MR) is 104 cm³/mol. The highest BCUT2D eigenvalue weighted by molar-refractivity contribution is 5.94. The third-order valence-corrected chi connectivity index (χ3v) is 3.88. The zero-order valence-electron chi connectivity index (χ0n) is 14.4. The third-order valence-electron chi connectivity index (χ3n) is 3.88. The zero-order valence-corrected chi connectivity index (χ0v) is 15.2. The van der Waals surface area contributed by atoms with Crippen LogP contribution in [0, 0.1) is 5.92 Å². The maximum Gasteiger partial charge on any atom is 0.251 e. The Hall–Kier alpha value is -2.53. The maximum absolute atomic E-state index is 12.1. The van der Waals surface area contributed by atoms with Gasteiger partial charge < -0.3 is 16.4 Å². The van der Waals surface area contributed by atoms with Crippen LogP contribution in [-0.4, -0.2) is 11.8 Å². The number of hydrogen-bond acceptors (Lipinski definition) is 3. The van der Waals surface area contributed by atoms with Gasteiger partial charge in [0.25, 0.3) is 5.91 Å². The van der Waals surface area contributed by atoms with Crippen LogP contribution >= 0.6 is 12.4 Å². The van der Waals surface area contributed by atoms with E-state index >= 15 is 0 Å². The topological polar surface area (TPSA) is 84.2 Å². The minimum absolute atomic E-state index is 0. The van der Waals surface area contributed by atoms with Gasteiger partial charge in [-0.2, -0.15) is 0 Å². The number of nitrogens with one attached hydrogen (secondary N) is 2. The summed E-state index contributed by atoms with van der Waals surface area (Å²) in [5, 5.41) is 5.75. The van der Waals surface area contributed by atoms with Gasteiger partial charge in [-0.25, -0.2) is 0 Å². The molecule has 0 saturated carbocycles. The van der Waals surface area contributed by atoms with Crippen molar-refractivity contribution in [2.75, 3.05) is 11.1 Å². The lowest BCUT2D eigenvalue weighted by atomic mass is 10.1. The molecule has 2 aromatic rings. The molecule has 0 saturated heterocycles. The monoisotopic (exact) mass is 361 g/mol. The highest BCUT2D eigenvalue weighted by atomic mass is 35.5. The second kappa shape index (κ2) is 9.69. The average Bonchev–Trinajstić information content (AvgIpc) is 2.59. The van der Waals surface area contributed by atoms with E-state index in [9.17, 15) is 9.59 Å². The summed E-state index contributed by atoms with van der Waals surface area (Å²) in [6.45, 7) is 4.26. The summed E-state index contributed by atoms with van der Waals surface area (Å²) in [6.07, 6.45) is 0.795. The van der Waals surface area contributed by atoms with Crippen LogP contribution in [0.25, 0.3) is 0 Å². The quantitative estimate of drug-likeness (QED) is 0.687. The molecule has 4 N–H and O–H groups in total. The first-order valence-electron chi connectivity index (χ1n) is 8.03. The average molecular weight is 362 g/mol. The fraction of sp³-hybridized carbons (Fsp3) is 0.263. The van der Waals surface area contributed by atoms with Crippen LogP contribution in [0.1, 0.15) is 36.2 Å². The molecule has 2 rings (SSSR count). The lowest BCUT2D eigenvalue weighted by molar-refractivity contribution is -0.119. The highest BCUT2D eigenvalue weighted by Crippen LogP contribution is 2.13. The van der Waals surface area contributed by atoms with E-state index in [1.165, 1.54) is 0 Å². The van der Waals surface area contributed by atoms with Crippen LogP contribution < -0.4 is 16.4 Å². The second-order valence-corrected chi connectivity index (χ2v) is 5.80. The minimum Gasteiger partial charge on any atom is -0.399 e. The van der Waals surface area contributed by atoms with Gasteiger partial charge in [-0.05, 0) is 48.4 Å². The number of nitrogen functional groups attached to an aromatic ring is 1. The molecule has 0 radical (unpaired) electrons. The molecule has 0 fully saturated rings. The first kappa shape index (κ1) is 20.5. The molecule has 0 aliphatic heterocycles. The molecule has 0 bridgehead atoms. The predicted octanol–water partition coefficient (Wildman–Crippen LogP) is 3.61. The van der Waals surface area contributed by atoms with Gasteiger partial charge in [0.15, 0.2) is 0 Å². The van der Waals surface area contributed by atoms with Crippen molar-refractivity contribution in [3.05, 3.63) is 59.7 Å². The Bertz CT molecular complexity index is 717. The molecule has 1 unspecified atom stereocenters. The summed E-state index contributed by atoms with van der Waals surface area (Å²) >= 11 is 0. The fourth-order valence-electron chi connectivity index (χ4n) is 2.13. The van der Waals surface area contributed by atoms with Crippen molar-refractivity contribution in [1.29, 1.82) is 0 Å². The number of amides is 2. The van der Waals surface area contributed by atoms with E-state index in [0.717, 1.165) is 17.7 Å². The van der Waals surface area contributed by atoms with Gasteiger partial charge >= 0.3 is 0 Å². The van der Waals surface area contributed by atoms with Crippen molar-refractivity contribution in [3.8, 4) is 0 Å². The van der Waals surface area contributed by atoms with Gasteiger partial charge in [0.1, 0.15) is 0 Å². The molecule has 0 aliphatic carbocycles. The smallest absolute Gasteiger partial charge is 0.251 e. The molecule has 25 heavy (non-hydrogen) atoms. The van der Waals surface area contributed by atoms with Crippen LogP contribution in [0.5, 0.6) is 0 Å². The Morgan fingerprint density at radius 3 is 2.44 bits per heavy atom. The Morgan fingerprint density at radius 1 is 1.12 bits per heavy atom. The van der Waals surface area contributed by atoms with Gasteiger partial charge in [0.05, 0.1) is 0 Å². The normalized spacial score (nSPS) is 11.1. The summed E-state index contributed by atoms with van der Waals surface area (Å²) in [5.41, 5.74) is 8.45. The number of halogens is 1. The Balaban J connectivity index is 0.00000312. The van der Waals surface area contributed by atoms with Crippen LogP contribution in [0.3, 0.4) is 0 Å². The van der Waals surface area contributed by atoms with Crippen LogP contribution in [0.4, 0.5) is 11.4 Å². The van der Waals surface area contributed by atoms with Crippen molar-refractivity contribution in [2.24, 2.45) is 5.92 Å². The maximum atomic E-state index is 12.1. The Labute approximate surface area is 154 Å². The van der Waals surface area contributed by atoms with Crippen LogP contribution in [0.15, 0.2) is 48.5 Å². The number of hydrogen-bond donors (Lipinski definition) is 3. The molecule has 5 nitrogen and oxygen atoms in total. The van der Waals surface area contributed by atoms with Gasteiger partial charge in [-0.1, -0.05) is 26.0 Å². The van der Waals surface area contributed by atoms with E-state index in [1.54, 1.807) is 24.3 Å². The van der Waals surface area contributed by atoms with E-state index in [1.807, 2.05) is 38.1 Å². The van der Waals surface area contributed by atoms with Crippen molar-refractivity contribution < 1.29 is 9.59 Å². The number of carbonyl (C=O) groups excluding carboxylic acids is 2. The van der Waals surface area contributed by atoms with Crippen molar-refractivity contribution in [1.82, 2.24) is 5.32 Å². The molecule has 134 valence electrons. The zero-order chi connectivity index (χ0) is 17.5. The van der Waals surface area contributed by atoms with E-state index in [-0.39, 0.29) is 30.1 Å². The second-order valence-electron chi connectivity index (χ2n) is 5.80. The fourth-order valence-corrected chi connectivity index (χ4v) is 2.13. The Kier molecular flexibility index (Phi) is 7.95. The van der Waals surface area contributed by atoms with Gasteiger partial charge in [0.2, 0.25) is 5.91 Å². The number of rotatable bonds is 6. The summed E-state index contributed by atoms with van der Waals surface area (Å²) in [4.78, 5) is 24.0. The minimum atomic E-state index is -0.163. The molecule has 1 atom stereocenters. The molecule has 0 aromatic heterocycles. The third kappa shape index (κ3) is 6.12. The molecule has 0 aliphatic rings. The Morgan fingerprint density at radius 2 is 1.80 bits per heavy atom. The van der Waals surface area contributed by atoms with Crippen molar-refractivity contribution in [3.63, 3.8) is 0 Å². The van der Waals surface area contributed by atoms with E-state index < -0.39 is 0 Å². The SMILES string of the molecule is CCC(C)C(=O)Nc1cccc(CNC(=O)c2ccc(N)cc2)c1.Cl. The highest BCUT2D eigenvalue weighted by Gasteiger charge is 2.11. The molecule has 6 heteroatoms. The van der Waals surface area contributed by atoms with Crippen molar-refractivity contribution in [2.45, 2.75) is 26.8 Å². The van der Waals surface area contributed by atoms with Crippen LogP contribution in [-0.2, 0) is 11.3 Å². The van der Waals surface area contributed by atoms with E-state index in [2.05, 4.69) is 10.6 Å². The van der Waals surface area contributed by atoms with Gasteiger partial charge in [-0.3, -0.25) is 9.59 Å². The molecular formula is C19H24ClN3O2. The number of benzene rings is 2. The molecule has 2 aromatic carbocycles. The number of anilines is 2. The van der Waals surface area contributed by atoms with E-state index in [0.29, 0.717) is 17.8 Å². The summed E-state index contributed by atoms with van der Waals surface area (Å²) < 4.78 is 0. The van der Waals surface area contributed by atoms with Crippen LogP contribution in [0.2, 0.25) is 0 Å². The lowest BCUT2D eigenvalue weighted by Crippen LogP contribution is -2.23. The molecule has 0 spiro atoms. The van der Waals surface area contributed by atoms with Crippen molar-refractivity contribution >= 4 is 35.6 Å². The lowest BCUT2D eigenvalue weighted by Gasteiger charge is -2.11. The molecular weight excluding hydrogens is 338 g/mol. The molecule has 0 heterocycles. The largest absolute Gasteiger partial charge is 0.399 e. The summed E-state index contributed by atoms with van der Waals surface area (Å²) in [7, 11) is 0. The van der Waals surface area contributed by atoms with Gasteiger partial charge in [0, 0.05) is 29.4 Å². The summed E-state index contributed by atoms with van der Waals surface area (Å²) in [6, 6.07) is 14.2. The van der Waals surface area contributed by atoms with E-state index in [4.69, 9.17) is 5.73 Å². The van der Waals surface area contributed by atoms with Gasteiger partial charge in [-0.15, -0.1) is 12.4 Å². The first-order chi connectivity index (χ1) is 11.5. The first-order valence-corrected chi connectivity index (χ1v) is 8.03.